The third-order valence-electron chi connectivity index (χ3n) is 3.20. The molecule has 0 radical (unpaired) electrons. The lowest BCUT2D eigenvalue weighted by molar-refractivity contribution is -0.117. The van der Waals surface area contributed by atoms with Gasteiger partial charge < -0.3 is 10.6 Å². The average molecular weight is 265 g/mol. The number of carbonyl (C=O) groups excluding carboxylic acids is 1. The number of hydrogen-bond donors (Lipinski definition) is 2. The zero-order valence-corrected chi connectivity index (χ0v) is 11.2. The third kappa shape index (κ3) is 4.29. The van der Waals surface area contributed by atoms with Gasteiger partial charge >= 0.3 is 0 Å². The first-order valence-corrected chi connectivity index (χ1v) is 6.64. The lowest BCUT2D eigenvalue weighted by Gasteiger charge is -2.18. The normalized spacial score (nSPS) is 16.9. The fourth-order valence-electron chi connectivity index (χ4n) is 2.17. The van der Waals surface area contributed by atoms with E-state index in [-0.39, 0.29) is 17.4 Å². The van der Waals surface area contributed by atoms with Crippen LogP contribution in [0.3, 0.4) is 0 Å². The van der Waals surface area contributed by atoms with Gasteiger partial charge in [-0.15, -0.1) is 0 Å². The molecule has 1 heterocycles. The Kier molecular flexibility index (Phi) is 4.87. The lowest BCUT2D eigenvalue weighted by atomic mass is 10.2. The Morgan fingerprint density at radius 1 is 1.42 bits per heavy atom. The van der Waals surface area contributed by atoms with E-state index in [1.54, 1.807) is 12.1 Å². The Labute approximate surface area is 113 Å². The largest absolute Gasteiger partial charge is 0.322 e. The first kappa shape index (κ1) is 14.0. The van der Waals surface area contributed by atoms with Crippen LogP contribution < -0.4 is 10.6 Å². The molecule has 1 saturated heterocycles. The van der Waals surface area contributed by atoms with Crippen molar-refractivity contribution in [3.8, 4) is 0 Å². The van der Waals surface area contributed by atoms with Gasteiger partial charge in [-0.1, -0.05) is 6.07 Å². The van der Waals surface area contributed by atoms with Crippen LogP contribution in [0.1, 0.15) is 12.0 Å². The SMILES string of the molecule is Cc1ccc(NC(=O)CN2CCCNCC2)c(F)c1. The van der Waals surface area contributed by atoms with E-state index < -0.39 is 0 Å². The summed E-state index contributed by atoms with van der Waals surface area (Å²) in [7, 11) is 0. The van der Waals surface area contributed by atoms with Gasteiger partial charge in [-0.05, 0) is 44.1 Å². The van der Waals surface area contributed by atoms with Crippen molar-refractivity contribution in [1.29, 1.82) is 0 Å². The van der Waals surface area contributed by atoms with Crippen molar-refractivity contribution in [1.82, 2.24) is 10.2 Å². The number of aryl methyl sites for hydroxylation is 1. The predicted molar refractivity (Wildman–Crippen MR) is 73.7 cm³/mol. The van der Waals surface area contributed by atoms with Crippen molar-refractivity contribution < 1.29 is 9.18 Å². The number of halogens is 1. The maximum Gasteiger partial charge on any atom is 0.238 e. The van der Waals surface area contributed by atoms with Gasteiger partial charge in [-0.3, -0.25) is 9.69 Å². The van der Waals surface area contributed by atoms with Crippen LogP contribution in [-0.4, -0.2) is 43.5 Å². The third-order valence-corrected chi connectivity index (χ3v) is 3.20. The van der Waals surface area contributed by atoms with E-state index in [4.69, 9.17) is 0 Å². The van der Waals surface area contributed by atoms with Crippen LogP contribution in [0.25, 0.3) is 0 Å². The highest BCUT2D eigenvalue weighted by Gasteiger charge is 2.13. The topological polar surface area (TPSA) is 44.4 Å². The Hall–Kier alpha value is -1.46. The van der Waals surface area contributed by atoms with Gasteiger partial charge in [0, 0.05) is 13.1 Å². The van der Waals surface area contributed by atoms with Crippen LogP contribution in [0.4, 0.5) is 10.1 Å². The van der Waals surface area contributed by atoms with Crippen molar-refractivity contribution in [2.24, 2.45) is 0 Å². The minimum atomic E-state index is -0.383. The number of nitrogens with zero attached hydrogens (tertiary/aromatic N) is 1. The van der Waals surface area contributed by atoms with Crippen LogP contribution in [0.5, 0.6) is 0 Å². The second kappa shape index (κ2) is 6.63. The number of benzene rings is 1. The molecule has 1 aromatic carbocycles. The molecular formula is C14H20FN3O. The molecule has 0 spiro atoms. The van der Waals surface area contributed by atoms with Crippen LogP contribution in [0, 0.1) is 12.7 Å². The van der Waals surface area contributed by atoms with E-state index in [2.05, 4.69) is 15.5 Å². The molecule has 2 N–H and O–H groups in total. The van der Waals surface area contributed by atoms with E-state index in [0.717, 1.165) is 38.2 Å². The molecule has 0 saturated carbocycles. The molecule has 0 aliphatic carbocycles. The summed E-state index contributed by atoms with van der Waals surface area (Å²) in [6.45, 7) is 5.77. The summed E-state index contributed by atoms with van der Waals surface area (Å²) >= 11 is 0. The van der Waals surface area contributed by atoms with Gasteiger partial charge in [-0.2, -0.15) is 0 Å². The molecule has 0 unspecified atom stereocenters. The van der Waals surface area contributed by atoms with E-state index in [9.17, 15) is 9.18 Å². The Bertz CT molecular complexity index is 442. The van der Waals surface area contributed by atoms with Gasteiger partial charge in [0.2, 0.25) is 5.91 Å². The minimum Gasteiger partial charge on any atom is -0.322 e. The molecule has 1 amide bonds. The molecule has 4 nitrogen and oxygen atoms in total. The molecule has 2 rings (SSSR count). The molecule has 104 valence electrons. The van der Waals surface area contributed by atoms with Crippen molar-refractivity contribution >= 4 is 11.6 Å². The lowest BCUT2D eigenvalue weighted by Crippen LogP contribution is -2.35. The highest BCUT2D eigenvalue weighted by molar-refractivity contribution is 5.92. The first-order chi connectivity index (χ1) is 9.15. The standard InChI is InChI=1S/C14H20FN3O/c1-11-3-4-13(12(15)9-11)17-14(19)10-18-7-2-5-16-6-8-18/h3-4,9,16H,2,5-8,10H2,1H3,(H,17,19). The molecule has 0 bridgehead atoms. The molecule has 1 aromatic rings. The average Bonchev–Trinajstić information content (AvgIpc) is 2.61. The monoisotopic (exact) mass is 265 g/mol. The van der Waals surface area contributed by atoms with Crippen molar-refractivity contribution in [3.63, 3.8) is 0 Å². The zero-order chi connectivity index (χ0) is 13.7. The van der Waals surface area contributed by atoms with Gasteiger partial charge in [0.25, 0.3) is 0 Å². The van der Waals surface area contributed by atoms with Gasteiger partial charge in [-0.25, -0.2) is 4.39 Å². The van der Waals surface area contributed by atoms with Gasteiger partial charge in [0.05, 0.1) is 12.2 Å². The summed E-state index contributed by atoms with van der Waals surface area (Å²) in [5, 5.41) is 5.91. The maximum absolute atomic E-state index is 13.6. The molecular weight excluding hydrogens is 245 g/mol. The minimum absolute atomic E-state index is 0.162. The van der Waals surface area contributed by atoms with Crippen LogP contribution in [0.15, 0.2) is 18.2 Å². The summed E-state index contributed by atoms with van der Waals surface area (Å²) in [4.78, 5) is 14.0. The highest BCUT2D eigenvalue weighted by Crippen LogP contribution is 2.15. The second-order valence-corrected chi connectivity index (χ2v) is 4.91. The summed E-state index contributed by atoms with van der Waals surface area (Å²) in [5.41, 5.74) is 1.10. The number of anilines is 1. The molecule has 19 heavy (non-hydrogen) atoms. The van der Waals surface area contributed by atoms with Gasteiger partial charge in [0.1, 0.15) is 5.82 Å². The number of nitrogens with one attached hydrogen (secondary N) is 2. The highest BCUT2D eigenvalue weighted by atomic mass is 19.1. The summed E-state index contributed by atoms with van der Waals surface area (Å²) < 4.78 is 13.6. The van der Waals surface area contributed by atoms with E-state index in [0.29, 0.717) is 6.54 Å². The molecule has 0 atom stereocenters. The summed E-state index contributed by atoms with van der Waals surface area (Å²) in [5.74, 6) is -0.546. The van der Waals surface area contributed by atoms with Crippen LogP contribution in [0.2, 0.25) is 0 Å². The molecule has 1 aliphatic heterocycles. The number of hydrogen-bond acceptors (Lipinski definition) is 3. The van der Waals surface area contributed by atoms with E-state index in [1.807, 2.05) is 6.92 Å². The first-order valence-electron chi connectivity index (χ1n) is 6.64. The van der Waals surface area contributed by atoms with E-state index in [1.165, 1.54) is 6.07 Å². The second-order valence-electron chi connectivity index (χ2n) is 4.91. The van der Waals surface area contributed by atoms with Crippen molar-refractivity contribution in [2.45, 2.75) is 13.3 Å². The number of carbonyl (C=O) groups is 1. The fraction of sp³-hybridized carbons (Fsp3) is 0.500. The maximum atomic E-state index is 13.6. The van der Waals surface area contributed by atoms with Crippen molar-refractivity contribution in [2.75, 3.05) is 38.0 Å². The molecule has 1 aliphatic rings. The quantitative estimate of drug-likeness (QED) is 0.867. The van der Waals surface area contributed by atoms with E-state index >= 15 is 0 Å². The fourth-order valence-corrected chi connectivity index (χ4v) is 2.17. The molecule has 0 aromatic heterocycles. The number of rotatable bonds is 3. The number of amides is 1. The smallest absolute Gasteiger partial charge is 0.238 e. The Balaban J connectivity index is 1.89. The zero-order valence-electron chi connectivity index (χ0n) is 11.2. The van der Waals surface area contributed by atoms with Crippen LogP contribution in [-0.2, 0) is 4.79 Å². The van der Waals surface area contributed by atoms with Gasteiger partial charge in [0.15, 0.2) is 0 Å². The summed E-state index contributed by atoms with van der Waals surface area (Å²) in [6, 6.07) is 4.81. The Morgan fingerprint density at radius 3 is 3.05 bits per heavy atom. The molecule has 1 fully saturated rings. The molecule has 5 heteroatoms. The van der Waals surface area contributed by atoms with Crippen molar-refractivity contribution in [3.05, 3.63) is 29.6 Å². The van der Waals surface area contributed by atoms with Crippen LogP contribution >= 0.6 is 0 Å². The summed E-state index contributed by atoms with van der Waals surface area (Å²) in [6.07, 6.45) is 1.03. The predicted octanol–water partition coefficient (Wildman–Crippen LogP) is 1.37. The Morgan fingerprint density at radius 2 is 2.26 bits per heavy atom.